The minimum Gasteiger partial charge on any atom is -0.477 e. The van der Waals surface area contributed by atoms with Gasteiger partial charge in [-0.1, -0.05) is 32.3 Å². The Morgan fingerprint density at radius 3 is 2.25 bits per heavy atom. The van der Waals surface area contributed by atoms with Crippen LogP contribution in [-0.2, 0) is 9.59 Å². The molecule has 0 unspecified atom stereocenters. The van der Waals surface area contributed by atoms with Crippen molar-refractivity contribution < 1.29 is 14.7 Å². The van der Waals surface area contributed by atoms with Gasteiger partial charge < -0.3 is 10.4 Å². The Hall–Kier alpha value is -1.32. The molecule has 0 bridgehead atoms. The van der Waals surface area contributed by atoms with Gasteiger partial charge in [-0.05, 0) is 19.8 Å². The fourth-order valence-corrected chi connectivity index (χ4v) is 2.08. The van der Waals surface area contributed by atoms with Crippen molar-refractivity contribution in [1.29, 1.82) is 0 Å². The molecule has 0 aliphatic heterocycles. The number of allylic oxidation sites excluding steroid dienone is 1. The van der Waals surface area contributed by atoms with E-state index in [-0.39, 0.29) is 11.6 Å². The summed E-state index contributed by atoms with van der Waals surface area (Å²) < 4.78 is 0. The van der Waals surface area contributed by atoms with E-state index >= 15 is 0 Å². The van der Waals surface area contributed by atoms with E-state index in [0.29, 0.717) is 0 Å². The summed E-state index contributed by atoms with van der Waals surface area (Å²) in [4.78, 5) is 22.7. The van der Waals surface area contributed by atoms with E-state index in [9.17, 15) is 9.59 Å². The first-order valence-electron chi connectivity index (χ1n) is 5.70. The standard InChI is InChI=1S/C12H19NO3/c1-3-9(10(14)15)13-11(16)12(2)7-5-4-6-8-12/h3H,4-8H2,1-2H3,(H,13,16)(H,14,15)/b9-3-. The number of hydrogen-bond donors (Lipinski definition) is 2. The Kier molecular flexibility index (Phi) is 4.10. The highest BCUT2D eigenvalue weighted by molar-refractivity contribution is 5.94. The predicted molar refractivity (Wildman–Crippen MR) is 60.7 cm³/mol. The molecule has 0 aromatic rings. The lowest BCUT2D eigenvalue weighted by molar-refractivity contribution is -0.137. The largest absolute Gasteiger partial charge is 0.477 e. The maximum atomic E-state index is 12.0. The fraction of sp³-hybridized carbons (Fsp3) is 0.667. The van der Waals surface area contributed by atoms with Crippen LogP contribution < -0.4 is 5.32 Å². The van der Waals surface area contributed by atoms with Crippen LogP contribution in [-0.4, -0.2) is 17.0 Å². The van der Waals surface area contributed by atoms with Crippen LogP contribution in [0.2, 0.25) is 0 Å². The van der Waals surface area contributed by atoms with Crippen LogP contribution >= 0.6 is 0 Å². The Labute approximate surface area is 95.7 Å². The highest BCUT2D eigenvalue weighted by atomic mass is 16.4. The number of hydrogen-bond acceptors (Lipinski definition) is 2. The average molecular weight is 225 g/mol. The maximum Gasteiger partial charge on any atom is 0.352 e. The molecular weight excluding hydrogens is 206 g/mol. The lowest BCUT2D eigenvalue weighted by atomic mass is 9.75. The lowest BCUT2D eigenvalue weighted by Crippen LogP contribution is -2.41. The molecule has 4 nitrogen and oxygen atoms in total. The van der Waals surface area contributed by atoms with Crippen molar-refractivity contribution in [3.63, 3.8) is 0 Å². The van der Waals surface area contributed by atoms with E-state index in [1.807, 2.05) is 6.92 Å². The smallest absolute Gasteiger partial charge is 0.352 e. The van der Waals surface area contributed by atoms with Crippen molar-refractivity contribution in [3.05, 3.63) is 11.8 Å². The van der Waals surface area contributed by atoms with Gasteiger partial charge in [0.05, 0.1) is 0 Å². The topological polar surface area (TPSA) is 66.4 Å². The molecular formula is C12H19NO3. The minimum absolute atomic E-state index is 0.0307. The zero-order valence-corrected chi connectivity index (χ0v) is 9.88. The Balaban J connectivity index is 2.67. The molecule has 90 valence electrons. The van der Waals surface area contributed by atoms with Gasteiger partial charge in [0.1, 0.15) is 5.70 Å². The van der Waals surface area contributed by atoms with Crippen molar-refractivity contribution in [2.45, 2.75) is 46.0 Å². The van der Waals surface area contributed by atoms with E-state index in [0.717, 1.165) is 32.1 Å². The summed E-state index contributed by atoms with van der Waals surface area (Å²) in [5.41, 5.74) is -0.432. The van der Waals surface area contributed by atoms with Gasteiger partial charge in [-0.25, -0.2) is 4.79 Å². The fourth-order valence-electron chi connectivity index (χ4n) is 2.08. The second kappa shape index (κ2) is 5.14. The summed E-state index contributed by atoms with van der Waals surface area (Å²) in [6.45, 7) is 3.52. The Bertz CT molecular complexity index is 314. The molecule has 1 saturated carbocycles. The molecule has 2 N–H and O–H groups in total. The van der Waals surface area contributed by atoms with Gasteiger partial charge in [0, 0.05) is 5.41 Å². The highest BCUT2D eigenvalue weighted by Crippen LogP contribution is 2.35. The van der Waals surface area contributed by atoms with Gasteiger partial charge in [0.15, 0.2) is 0 Å². The zero-order chi connectivity index (χ0) is 12.2. The monoisotopic (exact) mass is 225 g/mol. The van der Waals surface area contributed by atoms with E-state index in [1.165, 1.54) is 6.08 Å². The number of carboxylic acid groups (broad SMARTS) is 1. The number of nitrogens with one attached hydrogen (secondary N) is 1. The normalized spacial score (nSPS) is 20.2. The third-order valence-electron chi connectivity index (χ3n) is 3.27. The maximum absolute atomic E-state index is 12.0. The van der Waals surface area contributed by atoms with Gasteiger partial charge in [-0.15, -0.1) is 0 Å². The molecule has 0 spiro atoms. The Morgan fingerprint density at radius 2 is 1.81 bits per heavy atom. The first kappa shape index (κ1) is 12.7. The third kappa shape index (κ3) is 2.84. The van der Waals surface area contributed by atoms with Gasteiger partial charge in [-0.3, -0.25) is 4.79 Å². The number of aliphatic carboxylic acids is 1. The summed E-state index contributed by atoms with van der Waals surface area (Å²) in [6.07, 6.45) is 6.35. The summed E-state index contributed by atoms with van der Waals surface area (Å²) in [5.74, 6) is -1.25. The number of carboxylic acids is 1. The Morgan fingerprint density at radius 1 is 1.25 bits per heavy atom. The van der Waals surface area contributed by atoms with Crippen LogP contribution in [0.4, 0.5) is 0 Å². The first-order chi connectivity index (χ1) is 7.49. The van der Waals surface area contributed by atoms with Crippen LogP contribution in [0.15, 0.2) is 11.8 Å². The summed E-state index contributed by atoms with van der Waals surface area (Å²) in [6, 6.07) is 0. The molecule has 0 aromatic heterocycles. The van der Waals surface area contributed by atoms with Gasteiger partial charge in [0.25, 0.3) is 0 Å². The van der Waals surface area contributed by atoms with Gasteiger partial charge in [-0.2, -0.15) is 0 Å². The molecule has 0 saturated heterocycles. The second-order valence-corrected chi connectivity index (χ2v) is 4.58. The molecule has 0 radical (unpaired) electrons. The average Bonchev–Trinajstić information content (AvgIpc) is 2.26. The van der Waals surface area contributed by atoms with Crippen molar-refractivity contribution in [3.8, 4) is 0 Å². The van der Waals surface area contributed by atoms with E-state index in [1.54, 1.807) is 6.92 Å². The molecule has 0 atom stereocenters. The number of amides is 1. The van der Waals surface area contributed by atoms with Crippen LogP contribution in [0, 0.1) is 5.41 Å². The second-order valence-electron chi connectivity index (χ2n) is 4.58. The number of carbonyl (C=O) groups is 2. The van der Waals surface area contributed by atoms with Crippen LogP contribution in [0.5, 0.6) is 0 Å². The molecule has 1 aliphatic carbocycles. The molecule has 0 heterocycles. The van der Waals surface area contributed by atoms with Crippen LogP contribution in [0.25, 0.3) is 0 Å². The van der Waals surface area contributed by atoms with E-state index < -0.39 is 11.4 Å². The zero-order valence-electron chi connectivity index (χ0n) is 9.88. The number of rotatable bonds is 3. The predicted octanol–water partition coefficient (Wildman–Crippen LogP) is 2.06. The molecule has 1 amide bonds. The molecule has 16 heavy (non-hydrogen) atoms. The van der Waals surface area contributed by atoms with E-state index in [2.05, 4.69) is 5.32 Å². The SMILES string of the molecule is C/C=C(\NC(=O)C1(C)CCCCC1)C(=O)O. The lowest BCUT2D eigenvalue weighted by Gasteiger charge is -2.31. The van der Waals surface area contributed by atoms with Crippen molar-refractivity contribution in [1.82, 2.24) is 5.32 Å². The molecule has 0 aromatic carbocycles. The summed E-state index contributed by atoms with van der Waals surface area (Å²) in [7, 11) is 0. The van der Waals surface area contributed by atoms with Crippen LogP contribution in [0.3, 0.4) is 0 Å². The van der Waals surface area contributed by atoms with Crippen molar-refractivity contribution in [2.24, 2.45) is 5.41 Å². The molecule has 1 rings (SSSR count). The third-order valence-corrected chi connectivity index (χ3v) is 3.27. The molecule has 4 heteroatoms. The minimum atomic E-state index is -1.09. The first-order valence-corrected chi connectivity index (χ1v) is 5.70. The molecule has 1 aliphatic rings. The van der Waals surface area contributed by atoms with Crippen molar-refractivity contribution >= 4 is 11.9 Å². The van der Waals surface area contributed by atoms with Gasteiger partial charge >= 0.3 is 5.97 Å². The quantitative estimate of drug-likeness (QED) is 0.722. The summed E-state index contributed by atoms with van der Waals surface area (Å²) in [5, 5.41) is 11.3. The van der Waals surface area contributed by atoms with Crippen LogP contribution in [0.1, 0.15) is 46.0 Å². The molecule has 1 fully saturated rings. The highest BCUT2D eigenvalue weighted by Gasteiger charge is 2.35. The van der Waals surface area contributed by atoms with E-state index in [4.69, 9.17) is 5.11 Å². The number of carbonyl (C=O) groups excluding carboxylic acids is 1. The van der Waals surface area contributed by atoms with Crippen molar-refractivity contribution in [2.75, 3.05) is 0 Å². The summed E-state index contributed by atoms with van der Waals surface area (Å²) >= 11 is 0. The van der Waals surface area contributed by atoms with Gasteiger partial charge in [0.2, 0.25) is 5.91 Å².